The molecule has 35 heavy (non-hydrogen) atoms. The van der Waals surface area contributed by atoms with E-state index in [0.29, 0.717) is 30.4 Å². The topological polar surface area (TPSA) is 108 Å². The first-order valence-corrected chi connectivity index (χ1v) is 13.0. The molecule has 0 aliphatic rings. The molecule has 3 rings (SSSR count). The van der Waals surface area contributed by atoms with Gasteiger partial charge in [-0.05, 0) is 42.5 Å². The molecule has 1 N–H and O–H groups in total. The van der Waals surface area contributed by atoms with E-state index in [0.717, 1.165) is 16.7 Å². The fourth-order valence-electron chi connectivity index (χ4n) is 3.17. The van der Waals surface area contributed by atoms with E-state index < -0.39 is 15.7 Å². The van der Waals surface area contributed by atoms with Gasteiger partial charge in [0.05, 0.1) is 24.7 Å². The molecule has 0 saturated carbocycles. The molecule has 0 aliphatic carbocycles. The Bertz CT molecular complexity index is 1270. The van der Waals surface area contributed by atoms with Crippen molar-refractivity contribution in [2.24, 2.45) is 5.92 Å². The number of ether oxygens (including phenoxy) is 2. The molecule has 0 fully saturated rings. The first kappa shape index (κ1) is 26.9. The number of aryl methyl sites for hydroxylation is 1. The van der Waals surface area contributed by atoms with Gasteiger partial charge in [-0.25, -0.2) is 5.10 Å². The monoisotopic (exact) mass is 520 g/mol. The van der Waals surface area contributed by atoms with Gasteiger partial charge in [0, 0.05) is 0 Å². The Hall–Kier alpha value is -2.72. The Morgan fingerprint density at radius 2 is 1.60 bits per heavy atom. The summed E-state index contributed by atoms with van der Waals surface area (Å²) in [4.78, 5) is 12.0. The predicted molar refractivity (Wildman–Crippen MR) is 133 cm³/mol. The zero-order chi connectivity index (χ0) is 25.4. The van der Waals surface area contributed by atoms with Gasteiger partial charge in [0.1, 0.15) is 12.3 Å². The molecule has 0 bridgehead atoms. The van der Waals surface area contributed by atoms with E-state index in [9.17, 15) is 13.2 Å². The molecule has 0 atom stereocenters. The average Bonchev–Trinajstić information content (AvgIpc) is 2.82. The molecule has 1 heterocycles. The third-order valence-corrected chi connectivity index (χ3v) is 6.68. The zero-order valence-electron chi connectivity index (χ0n) is 19.9. The minimum Gasteiger partial charge on any atom is -0.485 e. The van der Waals surface area contributed by atoms with Crippen LogP contribution in [0.15, 0.2) is 58.2 Å². The molecule has 10 heteroatoms. The number of benzene rings is 2. The fraction of sp³-hybridized carbons (Fsp3) is 0.360. The Morgan fingerprint density at radius 1 is 0.971 bits per heavy atom. The van der Waals surface area contributed by atoms with E-state index in [1.165, 1.54) is 12.1 Å². The number of hydrogen-bond acceptors (Lipinski definition) is 7. The smallest absolute Gasteiger partial charge is 0.297 e. The van der Waals surface area contributed by atoms with Gasteiger partial charge in [-0.15, -0.1) is 0 Å². The van der Waals surface area contributed by atoms with Crippen LogP contribution in [0.3, 0.4) is 0 Å². The number of H-pyrrole nitrogens is 1. The highest BCUT2D eigenvalue weighted by atomic mass is 35.5. The largest absolute Gasteiger partial charge is 0.485 e. The van der Waals surface area contributed by atoms with Crippen LogP contribution in [-0.2, 0) is 38.7 Å². The van der Waals surface area contributed by atoms with Crippen LogP contribution in [0.2, 0.25) is 5.02 Å². The summed E-state index contributed by atoms with van der Waals surface area (Å²) in [5, 5.41) is 6.46. The van der Waals surface area contributed by atoms with Crippen LogP contribution in [0, 0.1) is 12.8 Å². The maximum Gasteiger partial charge on any atom is 0.297 e. The van der Waals surface area contributed by atoms with Crippen molar-refractivity contribution in [2.75, 3.05) is 13.2 Å². The average molecular weight is 521 g/mol. The second kappa shape index (κ2) is 12.3. The first-order chi connectivity index (χ1) is 16.7. The normalized spacial score (nSPS) is 11.7. The van der Waals surface area contributed by atoms with Gasteiger partial charge in [0.25, 0.3) is 15.7 Å². The molecular weight excluding hydrogens is 492 g/mol. The van der Waals surface area contributed by atoms with Gasteiger partial charge in [-0.1, -0.05) is 67.4 Å². The second-order valence-corrected chi connectivity index (χ2v) is 10.5. The van der Waals surface area contributed by atoms with Crippen LogP contribution in [0.4, 0.5) is 0 Å². The molecule has 1 aromatic heterocycles. The molecule has 188 valence electrons. The Morgan fingerprint density at radius 3 is 2.23 bits per heavy atom. The predicted octanol–water partition coefficient (Wildman–Crippen LogP) is 4.43. The van der Waals surface area contributed by atoms with Gasteiger partial charge < -0.3 is 9.47 Å². The third kappa shape index (κ3) is 7.90. The van der Waals surface area contributed by atoms with Crippen LogP contribution >= 0.6 is 11.6 Å². The van der Waals surface area contributed by atoms with Crippen molar-refractivity contribution in [1.82, 2.24) is 10.2 Å². The van der Waals surface area contributed by atoms with E-state index >= 15 is 0 Å². The maximum atomic E-state index is 12.2. The lowest BCUT2D eigenvalue weighted by Gasteiger charge is -2.13. The van der Waals surface area contributed by atoms with Gasteiger partial charge in [0.2, 0.25) is 0 Å². The van der Waals surface area contributed by atoms with Gasteiger partial charge in [-0.2, -0.15) is 13.5 Å². The molecule has 8 nitrogen and oxygen atoms in total. The number of aromatic nitrogens is 2. The summed E-state index contributed by atoms with van der Waals surface area (Å²) < 4.78 is 40.7. The van der Waals surface area contributed by atoms with Crippen LogP contribution in [0.25, 0.3) is 0 Å². The molecule has 3 aromatic rings. The Kier molecular flexibility index (Phi) is 9.45. The summed E-state index contributed by atoms with van der Waals surface area (Å²) >= 11 is 6.15. The number of rotatable bonds is 12. The lowest BCUT2D eigenvalue weighted by molar-refractivity contribution is 0.0907. The molecule has 0 aliphatic heterocycles. The zero-order valence-corrected chi connectivity index (χ0v) is 21.5. The number of aromatic amines is 1. The maximum absolute atomic E-state index is 12.2. The lowest BCUT2D eigenvalue weighted by Crippen LogP contribution is -2.15. The quantitative estimate of drug-likeness (QED) is 0.278. The Labute approximate surface area is 210 Å². The molecular formula is C25H29ClN2O6S. The lowest BCUT2D eigenvalue weighted by atomic mass is 10.1. The number of hydrogen-bond donors (Lipinski definition) is 1. The highest BCUT2D eigenvalue weighted by Crippen LogP contribution is 2.26. The van der Waals surface area contributed by atoms with Crippen molar-refractivity contribution in [1.29, 1.82) is 0 Å². The second-order valence-electron chi connectivity index (χ2n) is 8.49. The van der Waals surface area contributed by atoms with Crippen LogP contribution in [0.1, 0.15) is 36.2 Å². The van der Waals surface area contributed by atoms with E-state index in [2.05, 4.69) is 10.2 Å². The van der Waals surface area contributed by atoms with Crippen LogP contribution in [0.5, 0.6) is 5.75 Å². The highest BCUT2D eigenvalue weighted by molar-refractivity contribution is 7.86. The summed E-state index contributed by atoms with van der Waals surface area (Å²) in [6.45, 7) is 6.54. The summed E-state index contributed by atoms with van der Waals surface area (Å²) in [7, 11) is -3.80. The highest BCUT2D eigenvalue weighted by Gasteiger charge is 2.16. The summed E-state index contributed by atoms with van der Waals surface area (Å²) in [6, 6.07) is 14.0. The fourth-order valence-corrected chi connectivity index (χ4v) is 4.27. The molecule has 0 saturated heterocycles. The van der Waals surface area contributed by atoms with Crippen molar-refractivity contribution in [2.45, 2.75) is 45.3 Å². The Balaban J connectivity index is 1.47. The number of halogens is 1. The molecule has 0 spiro atoms. The van der Waals surface area contributed by atoms with Gasteiger partial charge in [0.15, 0.2) is 10.8 Å². The minimum atomic E-state index is -3.80. The van der Waals surface area contributed by atoms with Crippen LogP contribution < -0.4 is 10.3 Å². The molecule has 2 aromatic carbocycles. The van der Waals surface area contributed by atoms with Crippen molar-refractivity contribution in [3.8, 4) is 5.75 Å². The van der Waals surface area contributed by atoms with E-state index in [-0.39, 0.29) is 29.7 Å². The van der Waals surface area contributed by atoms with Gasteiger partial charge in [-0.3, -0.25) is 8.98 Å². The van der Waals surface area contributed by atoms with Gasteiger partial charge >= 0.3 is 0 Å². The molecule has 0 amide bonds. The number of nitrogens with zero attached hydrogens (tertiary/aromatic N) is 1. The SMILES string of the molecule is Cc1ccc(S(=O)(=O)OCCOCc2ccc(COc3c(CC(C)C)n[nH]c(=O)c3Cl)cc2)cc1. The van der Waals surface area contributed by atoms with E-state index in [4.69, 9.17) is 25.3 Å². The van der Waals surface area contributed by atoms with E-state index in [1.54, 1.807) is 12.1 Å². The third-order valence-electron chi connectivity index (χ3n) is 5.01. The van der Waals surface area contributed by atoms with E-state index in [1.807, 2.05) is 45.0 Å². The first-order valence-electron chi connectivity index (χ1n) is 11.2. The summed E-state index contributed by atoms with van der Waals surface area (Å²) in [5.74, 6) is 0.622. The summed E-state index contributed by atoms with van der Waals surface area (Å²) in [5.41, 5.74) is 2.88. The summed E-state index contributed by atoms with van der Waals surface area (Å²) in [6.07, 6.45) is 0.623. The van der Waals surface area contributed by atoms with Crippen LogP contribution in [-0.4, -0.2) is 31.8 Å². The molecule has 0 unspecified atom stereocenters. The van der Waals surface area contributed by atoms with Crippen molar-refractivity contribution >= 4 is 21.7 Å². The van der Waals surface area contributed by atoms with Crippen molar-refractivity contribution in [3.63, 3.8) is 0 Å². The minimum absolute atomic E-state index is 0.00715. The van der Waals surface area contributed by atoms with Crippen molar-refractivity contribution in [3.05, 3.63) is 86.3 Å². The molecule has 0 radical (unpaired) electrons. The number of nitrogens with one attached hydrogen (secondary N) is 1. The van der Waals surface area contributed by atoms with Crippen molar-refractivity contribution < 1.29 is 22.1 Å². The standard InChI is InChI=1S/C25H29ClN2O6S/c1-17(2)14-22-24(23(26)25(29)28-27-22)33-16-20-8-6-19(7-9-20)15-32-12-13-34-35(30,31)21-10-4-18(3)5-11-21/h4-11,17H,12-16H2,1-3H3,(H,28,29).